The third-order valence-corrected chi connectivity index (χ3v) is 3.91. The number of anilines is 1. The fourth-order valence-electron chi connectivity index (χ4n) is 2.11. The predicted molar refractivity (Wildman–Crippen MR) is 78.1 cm³/mol. The molecule has 0 spiro atoms. The third-order valence-electron chi connectivity index (χ3n) is 3.09. The molecule has 0 aromatic heterocycles. The minimum atomic E-state index is -0.255. The number of rotatable bonds is 3. The van der Waals surface area contributed by atoms with Crippen LogP contribution in [0.4, 0.5) is 5.69 Å². The highest BCUT2D eigenvalue weighted by Gasteiger charge is 2.23. The van der Waals surface area contributed by atoms with Crippen molar-refractivity contribution in [3.05, 3.63) is 27.7 Å². The van der Waals surface area contributed by atoms with Gasteiger partial charge < -0.3 is 10.2 Å². The number of likely N-dealkylation sites (tertiary alicyclic amines) is 1. The summed E-state index contributed by atoms with van der Waals surface area (Å²) in [5.74, 6) is 0.142. The summed E-state index contributed by atoms with van der Waals surface area (Å²) in [6.07, 6.45) is 2.21. The van der Waals surface area contributed by atoms with Crippen molar-refractivity contribution in [2.24, 2.45) is 0 Å². The van der Waals surface area contributed by atoms with Crippen molar-refractivity contribution in [1.29, 1.82) is 0 Å². The van der Waals surface area contributed by atoms with Crippen LogP contribution in [0, 0.1) is 0 Å². The Labute approximate surface area is 121 Å². The molecule has 1 amide bonds. The van der Waals surface area contributed by atoms with Gasteiger partial charge in [0, 0.05) is 17.6 Å². The van der Waals surface area contributed by atoms with E-state index in [-0.39, 0.29) is 11.9 Å². The fraction of sp³-hybridized carbons (Fsp3) is 0.462. The number of hydrogen-bond donors (Lipinski definition) is 1. The van der Waals surface area contributed by atoms with E-state index >= 15 is 0 Å². The van der Waals surface area contributed by atoms with E-state index in [9.17, 15) is 4.79 Å². The van der Waals surface area contributed by atoms with E-state index in [1.807, 2.05) is 24.0 Å². The normalized spacial score (nSPS) is 16.7. The van der Waals surface area contributed by atoms with Crippen LogP contribution in [-0.2, 0) is 4.79 Å². The average Bonchev–Trinajstić information content (AvgIpc) is 2.86. The summed E-state index contributed by atoms with van der Waals surface area (Å²) in [4.78, 5) is 14.1. The van der Waals surface area contributed by atoms with Gasteiger partial charge in [0.25, 0.3) is 0 Å². The molecule has 1 atom stereocenters. The highest BCUT2D eigenvalue weighted by molar-refractivity contribution is 9.10. The molecule has 1 aromatic rings. The van der Waals surface area contributed by atoms with Crippen LogP contribution < -0.4 is 5.32 Å². The number of nitrogens with one attached hydrogen (secondary N) is 1. The topological polar surface area (TPSA) is 32.3 Å². The molecule has 1 saturated heterocycles. The molecular formula is C13H16BrClN2O. The van der Waals surface area contributed by atoms with E-state index in [2.05, 4.69) is 21.2 Å². The van der Waals surface area contributed by atoms with E-state index in [0.717, 1.165) is 36.1 Å². The molecule has 0 aliphatic carbocycles. The molecule has 98 valence electrons. The quantitative estimate of drug-likeness (QED) is 0.919. The summed E-state index contributed by atoms with van der Waals surface area (Å²) in [6, 6.07) is 5.31. The van der Waals surface area contributed by atoms with Gasteiger partial charge in [-0.05, 0) is 38.0 Å². The lowest BCUT2D eigenvalue weighted by Crippen LogP contribution is -2.39. The van der Waals surface area contributed by atoms with Gasteiger partial charge in [-0.25, -0.2) is 0 Å². The first-order chi connectivity index (χ1) is 8.58. The van der Waals surface area contributed by atoms with Gasteiger partial charge in [0.2, 0.25) is 5.91 Å². The Morgan fingerprint density at radius 3 is 2.78 bits per heavy atom. The molecule has 5 heteroatoms. The van der Waals surface area contributed by atoms with Gasteiger partial charge in [-0.15, -0.1) is 0 Å². The number of carbonyl (C=O) groups is 1. The van der Waals surface area contributed by atoms with Crippen molar-refractivity contribution in [1.82, 2.24) is 4.90 Å². The smallest absolute Gasteiger partial charge is 0.244 e. The number of halogens is 2. The summed E-state index contributed by atoms with van der Waals surface area (Å²) < 4.78 is 0.940. The van der Waals surface area contributed by atoms with Crippen LogP contribution >= 0.6 is 27.5 Å². The molecule has 1 aromatic carbocycles. The van der Waals surface area contributed by atoms with Gasteiger partial charge in [-0.1, -0.05) is 27.5 Å². The summed E-state index contributed by atoms with van der Waals surface area (Å²) in [5.41, 5.74) is 0.783. The van der Waals surface area contributed by atoms with Gasteiger partial charge in [-0.2, -0.15) is 0 Å². The van der Waals surface area contributed by atoms with Crippen molar-refractivity contribution in [3.63, 3.8) is 0 Å². The van der Waals surface area contributed by atoms with Crippen LogP contribution in [0.25, 0.3) is 0 Å². The van der Waals surface area contributed by atoms with Crippen molar-refractivity contribution in [3.8, 4) is 0 Å². The zero-order valence-corrected chi connectivity index (χ0v) is 12.6. The van der Waals surface area contributed by atoms with Crippen LogP contribution in [0.1, 0.15) is 19.8 Å². The van der Waals surface area contributed by atoms with Gasteiger partial charge in [0.05, 0.1) is 10.7 Å². The first-order valence-electron chi connectivity index (χ1n) is 6.08. The monoisotopic (exact) mass is 330 g/mol. The standard InChI is InChI=1S/C13H16BrClN2O/c1-9(13(18)17-6-2-3-7-17)16-12-8-10(14)4-5-11(12)15/h4-5,8-9,16H,2-3,6-7H2,1H3. The molecule has 1 unspecified atom stereocenters. The van der Waals surface area contributed by atoms with Crippen LogP contribution in [0.15, 0.2) is 22.7 Å². The van der Waals surface area contributed by atoms with Gasteiger partial charge in [0.1, 0.15) is 6.04 Å². The Morgan fingerprint density at radius 2 is 2.11 bits per heavy atom. The number of carbonyl (C=O) groups excluding carboxylic acids is 1. The second-order valence-corrected chi connectivity index (χ2v) is 5.85. The lowest BCUT2D eigenvalue weighted by Gasteiger charge is -2.22. The minimum Gasteiger partial charge on any atom is -0.373 e. The van der Waals surface area contributed by atoms with Crippen LogP contribution in [-0.4, -0.2) is 29.9 Å². The Morgan fingerprint density at radius 1 is 1.44 bits per heavy atom. The minimum absolute atomic E-state index is 0.142. The van der Waals surface area contributed by atoms with E-state index in [1.54, 1.807) is 6.07 Å². The Balaban J connectivity index is 2.03. The molecule has 1 fully saturated rings. The molecule has 0 radical (unpaired) electrons. The molecule has 1 aliphatic rings. The second kappa shape index (κ2) is 5.93. The average molecular weight is 332 g/mol. The van der Waals surface area contributed by atoms with Crippen LogP contribution in [0.5, 0.6) is 0 Å². The maximum absolute atomic E-state index is 12.2. The zero-order valence-electron chi connectivity index (χ0n) is 10.2. The Hall–Kier alpha value is -0.740. The fourth-order valence-corrected chi connectivity index (χ4v) is 2.65. The van der Waals surface area contributed by atoms with Crippen molar-refractivity contribution < 1.29 is 4.79 Å². The highest BCUT2D eigenvalue weighted by atomic mass is 79.9. The zero-order chi connectivity index (χ0) is 13.1. The number of amides is 1. The van der Waals surface area contributed by atoms with Gasteiger partial charge >= 0.3 is 0 Å². The molecule has 18 heavy (non-hydrogen) atoms. The van der Waals surface area contributed by atoms with Gasteiger partial charge in [0.15, 0.2) is 0 Å². The largest absolute Gasteiger partial charge is 0.373 e. The van der Waals surface area contributed by atoms with Gasteiger partial charge in [-0.3, -0.25) is 4.79 Å². The molecule has 2 rings (SSSR count). The maximum atomic E-state index is 12.2. The summed E-state index contributed by atoms with van der Waals surface area (Å²) >= 11 is 9.49. The highest BCUT2D eigenvalue weighted by Crippen LogP contribution is 2.26. The first-order valence-corrected chi connectivity index (χ1v) is 7.25. The van der Waals surface area contributed by atoms with E-state index in [0.29, 0.717) is 5.02 Å². The van der Waals surface area contributed by atoms with Crippen LogP contribution in [0.2, 0.25) is 5.02 Å². The first kappa shape index (κ1) is 13.7. The van der Waals surface area contributed by atoms with Crippen molar-refractivity contribution in [2.75, 3.05) is 18.4 Å². The molecular weight excluding hydrogens is 316 g/mol. The summed E-state index contributed by atoms with van der Waals surface area (Å²) in [7, 11) is 0. The molecule has 1 N–H and O–H groups in total. The summed E-state index contributed by atoms with van der Waals surface area (Å²) in [6.45, 7) is 3.62. The Bertz CT molecular complexity index is 447. The Kier molecular flexibility index (Phi) is 4.51. The number of nitrogens with zero attached hydrogens (tertiary/aromatic N) is 1. The van der Waals surface area contributed by atoms with Crippen molar-refractivity contribution in [2.45, 2.75) is 25.8 Å². The van der Waals surface area contributed by atoms with Crippen LogP contribution in [0.3, 0.4) is 0 Å². The molecule has 1 aliphatic heterocycles. The summed E-state index contributed by atoms with van der Waals surface area (Å²) in [5, 5.41) is 3.80. The molecule has 0 saturated carbocycles. The number of benzene rings is 1. The SMILES string of the molecule is CC(Nc1cc(Br)ccc1Cl)C(=O)N1CCCC1. The second-order valence-electron chi connectivity index (χ2n) is 4.52. The predicted octanol–water partition coefficient (Wildman–Crippen LogP) is 3.53. The number of hydrogen-bond acceptors (Lipinski definition) is 2. The maximum Gasteiger partial charge on any atom is 0.244 e. The van der Waals surface area contributed by atoms with E-state index < -0.39 is 0 Å². The molecule has 0 bridgehead atoms. The molecule has 1 heterocycles. The van der Waals surface area contributed by atoms with E-state index in [1.165, 1.54) is 0 Å². The lowest BCUT2D eigenvalue weighted by molar-refractivity contribution is -0.130. The molecule has 3 nitrogen and oxygen atoms in total. The third kappa shape index (κ3) is 3.18. The lowest BCUT2D eigenvalue weighted by atomic mass is 10.2. The van der Waals surface area contributed by atoms with E-state index in [4.69, 9.17) is 11.6 Å². The van der Waals surface area contributed by atoms with Crippen molar-refractivity contribution >= 4 is 39.1 Å².